The molecular formula is C14H17ClFNO3S. The fourth-order valence-electron chi connectivity index (χ4n) is 2.50. The topological polar surface area (TPSA) is 63.2 Å². The molecule has 0 aromatic heterocycles. The van der Waals surface area contributed by atoms with E-state index in [4.69, 9.17) is 10.7 Å². The highest BCUT2D eigenvalue weighted by Gasteiger charge is 2.37. The van der Waals surface area contributed by atoms with Gasteiger partial charge < -0.3 is 5.32 Å². The van der Waals surface area contributed by atoms with Gasteiger partial charge in [-0.2, -0.15) is 0 Å². The molecule has 116 valence electrons. The van der Waals surface area contributed by atoms with E-state index in [1.54, 1.807) is 0 Å². The number of nitrogens with one attached hydrogen (secondary N) is 1. The third-order valence-corrected chi connectivity index (χ3v) is 5.18. The van der Waals surface area contributed by atoms with Gasteiger partial charge in [0.25, 0.3) is 15.0 Å². The Kier molecular flexibility index (Phi) is 4.58. The number of benzene rings is 1. The Hall–Kier alpha value is -1.14. The van der Waals surface area contributed by atoms with Crippen LogP contribution in [0.3, 0.4) is 0 Å². The lowest BCUT2D eigenvalue weighted by molar-refractivity contribution is 0.0947. The lowest BCUT2D eigenvalue weighted by Gasteiger charge is -2.10. The largest absolute Gasteiger partial charge is 0.349 e. The standard InChI is InChI=1S/C14H17ClFNO3S/c1-3-4-9-5-12(9)17-14(18)11-6-10(16)7-13(8(11)2)21(15,19)20/h6-7,9,12H,3-5H2,1-2H3,(H,17,18). The number of hydrogen-bond acceptors (Lipinski definition) is 3. The molecule has 1 N–H and O–H groups in total. The van der Waals surface area contributed by atoms with Gasteiger partial charge in [-0.1, -0.05) is 13.3 Å². The first kappa shape index (κ1) is 16.2. The molecule has 1 aromatic carbocycles. The summed E-state index contributed by atoms with van der Waals surface area (Å²) in [7, 11) is 1.18. The Morgan fingerprint density at radius 1 is 1.48 bits per heavy atom. The van der Waals surface area contributed by atoms with Crippen LogP contribution in [0.25, 0.3) is 0 Å². The van der Waals surface area contributed by atoms with Gasteiger partial charge in [0.05, 0.1) is 4.90 Å². The van der Waals surface area contributed by atoms with E-state index < -0.39 is 20.8 Å². The van der Waals surface area contributed by atoms with E-state index in [-0.39, 0.29) is 22.1 Å². The van der Waals surface area contributed by atoms with E-state index in [0.717, 1.165) is 31.4 Å². The maximum atomic E-state index is 13.5. The van der Waals surface area contributed by atoms with Crippen LogP contribution < -0.4 is 5.32 Å². The average molecular weight is 334 g/mol. The zero-order valence-electron chi connectivity index (χ0n) is 11.8. The lowest BCUT2D eigenvalue weighted by atomic mass is 10.1. The number of amides is 1. The first-order valence-corrected chi connectivity index (χ1v) is 9.10. The Labute approximate surface area is 128 Å². The molecule has 0 radical (unpaired) electrons. The Morgan fingerprint density at radius 2 is 2.14 bits per heavy atom. The SMILES string of the molecule is CCCC1CC1NC(=O)c1cc(F)cc(S(=O)(=O)Cl)c1C. The molecule has 2 unspecified atom stereocenters. The first-order valence-electron chi connectivity index (χ1n) is 6.79. The molecule has 21 heavy (non-hydrogen) atoms. The van der Waals surface area contributed by atoms with E-state index in [1.165, 1.54) is 6.92 Å². The third kappa shape index (κ3) is 3.74. The average Bonchev–Trinajstić information content (AvgIpc) is 3.08. The van der Waals surface area contributed by atoms with Gasteiger partial charge in [0.1, 0.15) is 5.82 Å². The first-order chi connectivity index (χ1) is 9.74. The maximum Gasteiger partial charge on any atom is 0.261 e. The van der Waals surface area contributed by atoms with E-state index in [9.17, 15) is 17.6 Å². The van der Waals surface area contributed by atoms with Gasteiger partial charge in [0, 0.05) is 22.3 Å². The normalized spacial score (nSPS) is 21.1. The van der Waals surface area contributed by atoms with E-state index >= 15 is 0 Å². The molecule has 0 heterocycles. The highest BCUT2D eigenvalue weighted by atomic mass is 35.7. The summed E-state index contributed by atoms with van der Waals surface area (Å²) < 4.78 is 36.4. The fourth-order valence-corrected chi connectivity index (χ4v) is 3.71. The van der Waals surface area contributed by atoms with Crippen LogP contribution >= 0.6 is 10.7 Å². The molecule has 0 aliphatic heterocycles. The summed E-state index contributed by atoms with van der Waals surface area (Å²) >= 11 is 0. The summed E-state index contributed by atoms with van der Waals surface area (Å²) in [5.74, 6) is -0.799. The van der Waals surface area contributed by atoms with Crippen molar-refractivity contribution in [1.29, 1.82) is 0 Å². The summed E-state index contributed by atoms with van der Waals surface area (Å²) in [6, 6.07) is 1.95. The Balaban J connectivity index is 2.24. The predicted octanol–water partition coefficient (Wildman–Crippen LogP) is 2.98. The minimum absolute atomic E-state index is 0.0105. The molecule has 1 fully saturated rings. The lowest BCUT2D eigenvalue weighted by Crippen LogP contribution is -2.28. The Bertz CT molecular complexity index is 675. The fraction of sp³-hybridized carbons (Fsp3) is 0.500. The third-order valence-electron chi connectivity index (χ3n) is 3.73. The molecule has 1 aliphatic carbocycles. The van der Waals surface area contributed by atoms with Crippen molar-refractivity contribution in [1.82, 2.24) is 5.32 Å². The molecular weight excluding hydrogens is 317 g/mol. The summed E-state index contributed by atoms with van der Waals surface area (Å²) in [5.41, 5.74) is 0.174. The van der Waals surface area contributed by atoms with E-state index in [0.29, 0.717) is 5.92 Å². The van der Waals surface area contributed by atoms with Gasteiger partial charge in [0.2, 0.25) is 0 Å². The second-order valence-corrected chi connectivity index (χ2v) is 7.91. The number of carbonyl (C=O) groups is 1. The van der Waals surface area contributed by atoms with Crippen LogP contribution in [0.1, 0.15) is 42.1 Å². The maximum absolute atomic E-state index is 13.5. The second kappa shape index (κ2) is 5.93. The molecule has 0 spiro atoms. The number of carbonyl (C=O) groups excluding carboxylic acids is 1. The van der Waals surface area contributed by atoms with Crippen molar-refractivity contribution in [2.24, 2.45) is 5.92 Å². The number of halogens is 2. The smallest absolute Gasteiger partial charge is 0.261 e. The number of hydrogen-bond donors (Lipinski definition) is 1. The molecule has 2 atom stereocenters. The molecule has 1 aliphatic rings. The van der Waals surface area contributed by atoms with Gasteiger partial charge >= 0.3 is 0 Å². The van der Waals surface area contributed by atoms with Crippen LogP contribution in [-0.2, 0) is 9.05 Å². The van der Waals surface area contributed by atoms with Crippen molar-refractivity contribution in [2.45, 2.75) is 44.0 Å². The minimum Gasteiger partial charge on any atom is -0.349 e. The van der Waals surface area contributed by atoms with Gasteiger partial charge in [-0.15, -0.1) is 0 Å². The molecule has 1 amide bonds. The van der Waals surface area contributed by atoms with Gasteiger partial charge in [-0.25, -0.2) is 12.8 Å². The van der Waals surface area contributed by atoms with Gasteiger partial charge in [0.15, 0.2) is 0 Å². The molecule has 4 nitrogen and oxygen atoms in total. The van der Waals surface area contributed by atoms with E-state index in [2.05, 4.69) is 12.2 Å². The van der Waals surface area contributed by atoms with E-state index in [1.807, 2.05) is 0 Å². The highest BCUT2D eigenvalue weighted by Crippen LogP contribution is 2.35. The molecule has 1 aromatic rings. The van der Waals surface area contributed by atoms with Crippen molar-refractivity contribution in [3.63, 3.8) is 0 Å². The van der Waals surface area contributed by atoms with Gasteiger partial charge in [-0.3, -0.25) is 4.79 Å². The molecule has 7 heteroatoms. The van der Waals surface area contributed by atoms with Crippen LogP contribution in [-0.4, -0.2) is 20.4 Å². The predicted molar refractivity (Wildman–Crippen MR) is 78.4 cm³/mol. The molecule has 2 rings (SSSR count). The van der Waals surface area contributed by atoms with Crippen LogP contribution in [0.15, 0.2) is 17.0 Å². The molecule has 0 saturated heterocycles. The Morgan fingerprint density at radius 3 is 2.71 bits per heavy atom. The zero-order valence-corrected chi connectivity index (χ0v) is 13.4. The quantitative estimate of drug-likeness (QED) is 0.842. The van der Waals surface area contributed by atoms with Crippen LogP contribution in [0.2, 0.25) is 0 Å². The monoisotopic (exact) mass is 333 g/mol. The summed E-state index contributed by atoms with van der Waals surface area (Å²) in [6.45, 7) is 3.52. The van der Waals surface area contributed by atoms with Crippen molar-refractivity contribution in [3.8, 4) is 0 Å². The minimum atomic E-state index is -4.09. The summed E-state index contributed by atoms with van der Waals surface area (Å²) in [5, 5.41) is 2.81. The highest BCUT2D eigenvalue weighted by molar-refractivity contribution is 8.13. The van der Waals surface area contributed by atoms with Crippen molar-refractivity contribution in [3.05, 3.63) is 29.1 Å². The molecule has 1 saturated carbocycles. The molecule has 0 bridgehead atoms. The van der Waals surface area contributed by atoms with Crippen LogP contribution in [0.5, 0.6) is 0 Å². The summed E-state index contributed by atoms with van der Waals surface area (Å²) in [6.07, 6.45) is 2.99. The van der Waals surface area contributed by atoms with Crippen LogP contribution in [0, 0.1) is 18.7 Å². The number of rotatable bonds is 5. The van der Waals surface area contributed by atoms with Crippen LogP contribution in [0.4, 0.5) is 4.39 Å². The van der Waals surface area contributed by atoms with Crippen molar-refractivity contribution >= 4 is 25.6 Å². The summed E-state index contributed by atoms with van der Waals surface area (Å²) in [4.78, 5) is 11.8. The van der Waals surface area contributed by atoms with Crippen molar-refractivity contribution < 1.29 is 17.6 Å². The van der Waals surface area contributed by atoms with Crippen molar-refractivity contribution in [2.75, 3.05) is 0 Å². The van der Waals surface area contributed by atoms with Gasteiger partial charge in [-0.05, 0) is 43.4 Å². The zero-order chi connectivity index (χ0) is 15.8. The second-order valence-electron chi connectivity index (χ2n) is 5.38.